The first-order valence-electron chi connectivity index (χ1n) is 8.28. The summed E-state index contributed by atoms with van der Waals surface area (Å²) in [6, 6.07) is 1.24. The Morgan fingerprint density at radius 2 is 1.95 bits per heavy atom. The number of fused-ring (bicyclic) bond motifs is 1. The lowest BCUT2D eigenvalue weighted by atomic mass is 9.85. The van der Waals surface area contributed by atoms with Gasteiger partial charge in [-0.1, -0.05) is 20.3 Å². The molecule has 110 valence electrons. The van der Waals surface area contributed by atoms with Crippen molar-refractivity contribution in [2.24, 2.45) is 17.1 Å². The molecule has 3 rings (SSSR count). The molecule has 0 aromatic carbocycles. The smallest absolute Gasteiger partial charge is 0.0223 e. The molecular formula is C16H31N3. The Morgan fingerprint density at radius 1 is 1.11 bits per heavy atom. The van der Waals surface area contributed by atoms with Crippen molar-refractivity contribution < 1.29 is 0 Å². The predicted octanol–water partition coefficient (Wildman–Crippen LogP) is 1.92. The van der Waals surface area contributed by atoms with Gasteiger partial charge in [0, 0.05) is 38.3 Å². The first kappa shape index (κ1) is 13.8. The van der Waals surface area contributed by atoms with E-state index in [2.05, 4.69) is 23.6 Å². The minimum absolute atomic E-state index is 0.358. The Balaban J connectivity index is 1.54. The van der Waals surface area contributed by atoms with Crippen molar-refractivity contribution in [3.05, 3.63) is 0 Å². The van der Waals surface area contributed by atoms with Gasteiger partial charge in [-0.3, -0.25) is 4.90 Å². The fourth-order valence-corrected chi connectivity index (χ4v) is 4.46. The molecule has 1 aliphatic carbocycles. The molecule has 1 saturated carbocycles. The van der Waals surface area contributed by atoms with Crippen LogP contribution < -0.4 is 5.73 Å². The van der Waals surface area contributed by atoms with Gasteiger partial charge in [-0.05, 0) is 43.6 Å². The molecule has 2 aliphatic heterocycles. The van der Waals surface area contributed by atoms with Crippen LogP contribution in [0.4, 0.5) is 0 Å². The topological polar surface area (TPSA) is 32.5 Å². The standard InChI is InChI=1S/C16H31N3/c1-16(2)7-6-13(15(16)17)11-18-9-10-19-8-4-3-5-14(19)12-18/h13-15H,3-12,17H2,1-2H3. The highest BCUT2D eigenvalue weighted by atomic mass is 15.3. The zero-order valence-electron chi connectivity index (χ0n) is 12.8. The van der Waals surface area contributed by atoms with Gasteiger partial charge >= 0.3 is 0 Å². The second kappa shape index (κ2) is 5.34. The number of piperidine rings is 1. The number of nitrogens with zero attached hydrogens (tertiary/aromatic N) is 2. The van der Waals surface area contributed by atoms with E-state index in [9.17, 15) is 0 Å². The van der Waals surface area contributed by atoms with Crippen LogP contribution in [0.3, 0.4) is 0 Å². The highest BCUT2D eigenvalue weighted by molar-refractivity contribution is 4.96. The monoisotopic (exact) mass is 265 g/mol. The van der Waals surface area contributed by atoms with Crippen molar-refractivity contribution in [3.63, 3.8) is 0 Å². The average molecular weight is 265 g/mol. The molecule has 3 atom stereocenters. The maximum atomic E-state index is 6.47. The van der Waals surface area contributed by atoms with Crippen molar-refractivity contribution in [2.45, 2.75) is 58.0 Å². The third kappa shape index (κ3) is 2.84. The van der Waals surface area contributed by atoms with E-state index in [0.29, 0.717) is 11.5 Å². The summed E-state index contributed by atoms with van der Waals surface area (Å²) in [5, 5.41) is 0. The molecular weight excluding hydrogens is 234 g/mol. The summed E-state index contributed by atoms with van der Waals surface area (Å²) in [5.74, 6) is 0.727. The Kier molecular flexibility index (Phi) is 3.89. The lowest BCUT2D eigenvalue weighted by Gasteiger charge is -2.45. The highest BCUT2D eigenvalue weighted by Crippen LogP contribution is 2.40. The van der Waals surface area contributed by atoms with Crippen molar-refractivity contribution in [1.82, 2.24) is 9.80 Å². The van der Waals surface area contributed by atoms with Crippen LogP contribution in [-0.4, -0.2) is 54.6 Å². The lowest BCUT2D eigenvalue weighted by Crippen LogP contribution is -2.56. The summed E-state index contributed by atoms with van der Waals surface area (Å²) in [6.45, 7) is 11.1. The Bertz CT molecular complexity index is 315. The predicted molar refractivity (Wildman–Crippen MR) is 80.1 cm³/mol. The van der Waals surface area contributed by atoms with Gasteiger partial charge in [0.25, 0.3) is 0 Å². The van der Waals surface area contributed by atoms with Gasteiger partial charge in [0.05, 0.1) is 0 Å². The largest absolute Gasteiger partial charge is 0.327 e. The van der Waals surface area contributed by atoms with Gasteiger partial charge in [0.2, 0.25) is 0 Å². The molecule has 0 bridgehead atoms. The molecule has 3 nitrogen and oxygen atoms in total. The average Bonchev–Trinajstić information content (AvgIpc) is 2.66. The molecule has 0 amide bonds. The first-order valence-corrected chi connectivity index (χ1v) is 8.28. The number of rotatable bonds is 2. The molecule has 2 heterocycles. The zero-order chi connectivity index (χ0) is 13.5. The van der Waals surface area contributed by atoms with Crippen molar-refractivity contribution in [2.75, 3.05) is 32.7 Å². The molecule has 0 aromatic heterocycles. The van der Waals surface area contributed by atoms with Crippen molar-refractivity contribution in [3.8, 4) is 0 Å². The van der Waals surface area contributed by atoms with Crippen LogP contribution in [-0.2, 0) is 0 Å². The minimum Gasteiger partial charge on any atom is -0.327 e. The van der Waals surface area contributed by atoms with Crippen molar-refractivity contribution >= 4 is 0 Å². The molecule has 3 heteroatoms. The van der Waals surface area contributed by atoms with Gasteiger partial charge in [-0.15, -0.1) is 0 Å². The second-order valence-electron chi connectivity index (χ2n) is 7.76. The zero-order valence-corrected chi connectivity index (χ0v) is 12.8. The van der Waals surface area contributed by atoms with Crippen LogP contribution in [0.1, 0.15) is 46.0 Å². The van der Waals surface area contributed by atoms with E-state index in [-0.39, 0.29) is 0 Å². The third-order valence-corrected chi connectivity index (χ3v) is 5.98. The normalized spacial score (nSPS) is 40.3. The van der Waals surface area contributed by atoms with Crippen LogP contribution >= 0.6 is 0 Å². The summed E-state index contributed by atoms with van der Waals surface area (Å²) in [6.07, 6.45) is 6.91. The molecule has 19 heavy (non-hydrogen) atoms. The van der Waals surface area contributed by atoms with E-state index in [1.165, 1.54) is 64.8 Å². The maximum absolute atomic E-state index is 6.47. The summed E-state index contributed by atoms with van der Waals surface area (Å²) >= 11 is 0. The van der Waals surface area contributed by atoms with E-state index in [4.69, 9.17) is 5.73 Å². The van der Waals surface area contributed by atoms with E-state index >= 15 is 0 Å². The van der Waals surface area contributed by atoms with E-state index in [1.807, 2.05) is 0 Å². The van der Waals surface area contributed by atoms with Gasteiger partial charge in [-0.2, -0.15) is 0 Å². The van der Waals surface area contributed by atoms with Gasteiger partial charge < -0.3 is 10.6 Å². The van der Waals surface area contributed by atoms with Crippen LogP contribution in [0.25, 0.3) is 0 Å². The number of piperazine rings is 1. The lowest BCUT2D eigenvalue weighted by molar-refractivity contribution is 0.0399. The second-order valence-corrected chi connectivity index (χ2v) is 7.76. The van der Waals surface area contributed by atoms with Gasteiger partial charge in [-0.25, -0.2) is 0 Å². The summed E-state index contributed by atoms with van der Waals surface area (Å²) in [7, 11) is 0. The first-order chi connectivity index (χ1) is 9.06. The Labute approximate surface area is 118 Å². The molecule has 0 aromatic rings. The van der Waals surface area contributed by atoms with Crippen molar-refractivity contribution in [1.29, 1.82) is 0 Å². The SMILES string of the molecule is CC1(C)CCC(CN2CCN3CCCCC3C2)C1N. The fraction of sp³-hybridized carbons (Fsp3) is 1.00. The quantitative estimate of drug-likeness (QED) is 0.828. The number of nitrogens with two attached hydrogens (primary N) is 1. The van der Waals surface area contributed by atoms with Crippen LogP contribution in [0, 0.1) is 11.3 Å². The van der Waals surface area contributed by atoms with Crippen LogP contribution in [0.5, 0.6) is 0 Å². The molecule has 0 radical (unpaired) electrons. The highest BCUT2D eigenvalue weighted by Gasteiger charge is 2.40. The van der Waals surface area contributed by atoms with Crippen LogP contribution in [0.15, 0.2) is 0 Å². The molecule has 3 unspecified atom stereocenters. The fourth-order valence-electron chi connectivity index (χ4n) is 4.46. The molecule has 3 fully saturated rings. The number of hydrogen-bond acceptors (Lipinski definition) is 3. The summed E-state index contributed by atoms with van der Waals surface area (Å²) in [4.78, 5) is 5.43. The summed E-state index contributed by atoms with van der Waals surface area (Å²) in [5.41, 5.74) is 6.83. The number of hydrogen-bond donors (Lipinski definition) is 1. The molecule has 3 aliphatic rings. The van der Waals surface area contributed by atoms with E-state index < -0.39 is 0 Å². The molecule has 2 saturated heterocycles. The maximum Gasteiger partial charge on any atom is 0.0223 e. The Morgan fingerprint density at radius 3 is 2.68 bits per heavy atom. The molecule has 2 N–H and O–H groups in total. The van der Waals surface area contributed by atoms with E-state index in [0.717, 1.165) is 12.0 Å². The minimum atomic E-state index is 0.358. The Hall–Kier alpha value is -0.120. The van der Waals surface area contributed by atoms with Gasteiger partial charge in [0.1, 0.15) is 0 Å². The van der Waals surface area contributed by atoms with Gasteiger partial charge in [0.15, 0.2) is 0 Å². The van der Waals surface area contributed by atoms with Crippen LogP contribution in [0.2, 0.25) is 0 Å². The third-order valence-electron chi connectivity index (χ3n) is 5.98. The molecule has 0 spiro atoms. The summed E-state index contributed by atoms with van der Waals surface area (Å²) < 4.78 is 0. The van der Waals surface area contributed by atoms with E-state index in [1.54, 1.807) is 0 Å².